The molecule has 0 saturated heterocycles. The summed E-state index contributed by atoms with van der Waals surface area (Å²) in [5, 5.41) is 24.9. The van der Waals surface area contributed by atoms with Gasteiger partial charge in [-0.3, -0.25) is 0 Å². The molecule has 14 aromatic carbocycles. The molecule has 94 heavy (non-hydrogen) atoms. The van der Waals surface area contributed by atoms with Crippen molar-refractivity contribution in [1.29, 1.82) is 0 Å². The van der Waals surface area contributed by atoms with Gasteiger partial charge >= 0.3 is 7.12 Å². The second kappa shape index (κ2) is 24.3. The van der Waals surface area contributed by atoms with Gasteiger partial charge in [0.2, 0.25) is 0 Å². The Morgan fingerprint density at radius 1 is 0.309 bits per heavy atom. The van der Waals surface area contributed by atoms with Crippen LogP contribution in [-0.2, 0) is 10.8 Å². The first kappa shape index (κ1) is 58.8. The molecule has 2 aliphatic carbocycles. The first-order valence-corrected chi connectivity index (χ1v) is 33.1. The van der Waals surface area contributed by atoms with E-state index in [1.54, 1.807) is 12.1 Å². The van der Waals surface area contributed by atoms with Crippen molar-refractivity contribution in [3.05, 3.63) is 399 Å². The Bertz CT molecular complexity index is 5330. The summed E-state index contributed by atoms with van der Waals surface area (Å²) in [6.07, 6.45) is 0. The minimum absolute atomic E-state index is 0. The first-order valence-electron chi connectivity index (χ1n) is 31.5. The molecule has 0 unspecified atom stereocenters. The van der Waals surface area contributed by atoms with E-state index >= 15 is 0 Å². The molecule has 0 radical (unpaired) electrons. The molecule has 2 heterocycles. The van der Waals surface area contributed by atoms with Gasteiger partial charge in [0.05, 0.1) is 32.9 Å². The van der Waals surface area contributed by atoms with Crippen LogP contribution in [0.5, 0.6) is 0 Å². The predicted octanol–water partition coefficient (Wildman–Crippen LogP) is 21.6. The lowest BCUT2D eigenvalue weighted by Crippen LogP contribution is -2.29. The summed E-state index contributed by atoms with van der Waals surface area (Å²) in [5.41, 5.74) is 23.8. The van der Waals surface area contributed by atoms with E-state index in [2.05, 4.69) is 304 Å². The highest BCUT2D eigenvalue weighted by molar-refractivity contribution is 9.10. The van der Waals surface area contributed by atoms with Gasteiger partial charge in [-0.25, -0.2) is 0 Å². The van der Waals surface area contributed by atoms with Gasteiger partial charge in [0.15, 0.2) is 0 Å². The zero-order valence-electron chi connectivity index (χ0n) is 50.8. The molecule has 0 spiro atoms. The summed E-state index contributed by atoms with van der Waals surface area (Å²) in [6.45, 7) is 0. The van der Waals surface area contributed by atoms with Gasteiger partial charge in [0.1, 0.15) is 0 Å². The summed E-state index contributed by atoms with van der Waals surface area (Å²) in [5.74, 6) is 0. The fraction of sp³-hybridized carbons (Fsp3) is 0.0233. The van der Waals surface area contributed by atoms with Crippen LogP contribution in [0, 0.1) is 0 Å². The Balaban J connectivity index is 0.000000127. The van der Waals surface area contributed by atoms with Crippen LogP contribution in [0.15, 0.2) is 344 Å². The topological polar surface area (TPSA) is 50.3 Å². The van der Waals surface area contributed by atoms with Gasteiger partial charge in [-0.2, -0.15) is 0 Å². The molecule has 450 valence electrons. The largest absolute Gasteiger partial charge is 0.488 e. The molecule has 2 aliphatic rings. The average Bonchev–Trinajstić information content (AvgIpc) is 1.55. The summed E-state index contributed by atoms with van der Waals surface area (Å²) in [4.78, 5) is 0. The van der Waals surface area contributed by atoms with Crippen LogP contribution in [0.25, 0.3) is 88.4 Å². The zero-order chi connectivity index (χ0) is 63.5. The molecule has 8 heteroatoms. The quantitative estimate of drug-likeness (QED) is 0.149. The average molecular weight is 1320 g/mol. The van der Waals surface area contributed by atoms with Crippen molar-refractivity contribution in [2.75, 3.05) is 0 Å². The molecule has 16 aromatic rings. The van der Waals surface area contributed by atoms with E-state index in [9.17, 15) is 10.0 Å². The van der Waals surface area contributed by atoms with Crippen molar-refractivity contribution < 1.29 is 11.5 Å². The highest BCUT2D eigenvalue weighted by atomic mass is 79.9. The van der Waals surface area contributed by atoms with E-state index in [1.807, 2.05) is 48.5 Å². The SMILES string of the molecule is Clc1ccc2c(c1)C(c1ccccc1)(c1ccccc1)c1cccc(-c3ccc(-n4c5ccccc5c5ccccc54)cc3)c1-2.Clc1ccc2c(c1)C(c1ccccc1)(c1ccccc1)c1cccc(Br)c1-2.OB(O)c1ccc(-n2c3ccccc3c3ccccc32)cc1.[2HH]. The van der Waals surface area contributed by atoms with E-state index in [0.29, 0.717) is 5.46 Å². The lowest BCUT2D eigenvalue weighted by Gasteiger charge is -2.34. The van der Waals surface area contributed by atoms with Crippen LogP contribution in [0.1, 0.15) is 45.9 Å². The number of rotatable bonds is 8. The monoisotopic (exact) mass is 1310 g/mol. The summed E-state index contributed by atoms with van der Waals surface area (Å²) < 4.78 is 5.67. The number of benzene rings is 14. The third-order valence-electron chi connectivity index (χ3n) is 19.1. The lowest BCUT2D eigenvalue weighted by atomic mass is 9.67. The molecule has 2 aromatic heterocycles. The highest BCUT2D eigenvalue weighted by Crippen LogP contribution is 2.60. The molecule has 2 N–H and O–H groups in total. The maximum absolute atomic E-state index is 9.24. The maximum atomic E-state index is 9.24. The Morgan fingerprint density at radius 3 is 1.04 bits per heavy atom. The summed E-state index contributed by atoms with van der Waals surface area (Å²) in [6, 6.07) is 119. The highest BCUT2D eigenvalue weighted by Gasteiger charge is 2.48. The molecule has 0 amide bonds. The number of nitrogens with zero attached hydrogens (tertiary/aromatic N) is 2. The predicted molar refractivity (Wildman–Crippen MR) is 398 cm³/mol. The minimum Gasteiger partial charge on any atom is -0.423 e. The van der Waals surface area contributed by atoms with Crippen molar-refractivity contribution in [3.63, 3.8) is 0 Å². The second-order valence-corrected chi connectivity index (χ2v) is 25.7. The second-order valence-electron chi connectivity index (χ2n) is 24.0. The Hall–Kier alpha value is -10.3. The number of hydrogen-bond donors (Lipinski definition) is 2. The van der Waals surface area contributed by atoms with E-state index in [0.717, 1.165) is 36.9 Å². The smallest absolute Gasteiger partial charge is 0.423 e. The van der Waals surface area contributed by atoms with Gasteiger partial charge in [-0.1, -0.05) is 300 Å². The van der Waals surface area contributed by atoms with Crippen molar-refractivity contribution in [2.24, 2.45) is 0 Å². The molecular formula is C86H60BBrCl2N2O2. The van der Waals surface area contributed by atoms with Crippen LogP contribution in [0.2, 0.25) is 10.0 Å². The summed E-state index contributed by atoms with van der Waals surface area (Å²) in [7, 11) is -1.44. The van der Waals surface area contributed by atoms with Crippen LogP contribution < -0.4 is 5.46 Å². The van der Waals surface area contributed by atoms with Crippen molar-refractivity contribution in [1.82, 2.24) is 9.13 Å². The van der Waals surface area contributed by atoms with Gasteiger partial charge < -0.3 is 19.2 Å². The Kier molecular flexibility index (Phi) is 15.2. The van der Waals surface area contributed by atoms with E-state index in [4.69, 9.17) is 23.2 Å². The van der Waals surface area contributed by atoms with Crippen LogP contribution in [-0.4, -0.2) is 26.3 Å². The van der Waals surface area contributed by atoms with Crippen molar-refractivity contribution in [2.45, 2.75) is 10.8 Å². The zero-order valence-corrected chi connectivity index (χ0v) is 53.9. The molecule has 0 aliphatic heterocycles. The third-order valence-corrected chi connectivity index (χ3v) is 20.2. The molecule has 0 atom stereocenters. The summed E-state index contributed by atoms with van der Waals surface area (Å²) >= 11 is 17.1. The van der Waals surface area contributed by atoms with Gasteiger partial charge in [0.25, 0.3) is 0 Å². The van der Waals surface area contributed by atoms with E-state index in [-0.39, 0.29) is 6.84 Å². The molecule has 0 bridgehead atoms. The normalized spacial score (nSPS) is 12.9. The lowest BCUT2D eigenvalue weighted by molar-refractivity contribution is 0.426. The standard InChI is InChI=1S/C43H28ClN.C25H16BrCl.C18H14BNO2.H2/c44-32-24-27-37-39(28-32)43(30-12-3-1-4-13-30,31-14-5-2-6-15-31)38-19-11-18-34(42(37)38)29-22-25-33(26-23-29)45-40-20-9-7-16-35(40)36-17-8-10-21-41(36)45;26-23-13-7-12-21-24(23)20-15-14-19(27)16-22(20)25(21,17-8-3-1-4-9-17)18-10-5-2-6-11-18;21-19(22)13-9-11-14(12-10-13)20-17-7-3-1-5-15(17)16-6-2-4-8-18(16)20;/h1-28H;1-16H;1-12,21-22H;1H/i;;;1+1. The van der Waals surface area contributed by atoms with Gasteiger partial charge in [-0.15, -0.1) is 0 Å². The van der Waals surface area contributed by atoms with Crippen molar-refractivity contribution in [3.8, 4) is 44.8 Å². The fourth-order valence-electron chi connectivity index (χ4n) is 15.2. The molecule has 0 fully saturated rings. The Morgan fingerprint density at radius 2 is 0.649 bits per heavy atom. The third kappa shape index (κ3) is 9.58. The number of fused-ring (bicyclic) bond motifs is 12. The maximum Gasteiger partial charge on any atom is 0.488 e. The minimum atomic E-state index is -1.44. The van der Waals surface area contributed by atoms with Crippen LogP contribution >= 0.6 is 39.1 Å². The van der Waals surface area contributed by atoms with Crippen molar-refractivity contribution >= 4 is 95.3 Å². The molecule has 4 nitrogen and oxygen atoms in total. The van der Waals surface area contributed by atoms with E-state index in [1.165, 1.54) is 110 Å². The van der Waals surface area contributed by atoms with Gasteiger partial charge in [-0.05, 0) is 157 Å². The van der Waals surface area contributed by atoms with E-state index < -0.39 is 12.5 Å². The van der Waals surface area contributed by atoms with Crippen LogP contribution in [0.4, 0.5) is 0 Å². The molecule has 18 rings (SSSR count). The number of halogens is 3. The number of aromatic nitrogens is 2. The number of hydrogen-bond acceptors (Lipinski definition) is 2. The molecular weight excluding hydrogens is 1250 g/mol. The Labute approximate surface area is 566 Å². The van der Waals surface area contributed by atoms with Crippen LogP contribution in [0.3, 0.4) is 0 Å². The fourth-order valence-corrected chi connectivity index (χ4v) is 16.1. The van der Waals surface area contributed by atoms with Gasteiger partial charge in [0, 0.05) is 54.4 Å². The number of para-hydroxylation sites is 4. The first-order chi connectivity index (χ1) is 46.2. The molecule has 0 saturated carbocycles.